The van der Waals surface area contributed by atoms with Gasteiger partial charge in [-0.05, 0) is 30.2 Å². The topological polar surface area (TPSA) is 47.3 Å². The zero-order valence-electron chi connectivity index (χ0n) is 11.0. The van der Waals surface area contributed by atoms with E-state index >= 15 is 0 Å². The van der Waals surface area contributed by atoms with Crippen molar-refractivity contribution >= 4 is 13.1 Å². The molecule has 1 aromatic carbocycles. The summed E-state index contributed by atoms with van der Waals surface area (Å²) in [4.78, 5) is 18.9. The predicted octanol–water partition coefficient (Wildman–Crippen LogP) is 2.98. The van der Waals surface area contributed by atoms with Gasteiger partial charge in [0.25, 0.3) is 0 Å². The molecule has 0 atom stereocenters. The van der Waals surface area contributed by atoms with E-state index < -0.39 is 0 Å². The molecule has 18 heavy (non-hydrogen) atoms. The largest absolute Gasteiger partial charge is 0.472 e. The van der Waals surface area contributed by atoms with Crippen LogP contribution in [0, 0.1) is 19.3 Å². The molecule has 0 aliphatic carbocycles. The lowest BCUT2D eigenvalue weighted by molar-refractivity contribution is -0.0979. The van der Waals surface area contributed by atoms with Gasteiger partial charge in [0.1, 0.15) is 6.79 Å². The second kappa shape index (κ2) is 6.21. The minimum absolute atomic E-state index is 0. The molecule has 2 aromatic rings. The molecule has 3 nitrogen and oxygen atoms in total. The van der Waals surface area contributed by atoms with Gasteiger partial charge in [0.05, 0.1) is 12.5 Å². The number of hydrogen-bond acceptors (Lipinski definition) is 3. The third-order valence-electron chi connectivity index (χ3n) is 2.49. The molecule has 0 bridgehead atoms. The summed E-state index contributed by atoms with van der Waals surface area (Å²) < 4.78 is 5.01. The Labute approximate surface area is 107 Å². The van der Waals surface area contributed by atoms with E-state index in [2.05, 4.69) is 5.92 Å². The molecule has 1 radical (unpaired) electrons. The minimum Gasteiger partial charge on any atom is -0.472 e. The van der Waals surface area contributed by atoms with Crippen LogP contribution in [-0.4, -0.2) is 13.1 Å². The Morgan fingerprint density at radius 2 is 2.11 bits per heavy atom. The maximum absolute atomic E-state index is 10.9. The van der Waals surface area contributed by atoms with Gasteiger partial charge in [-0.3, -0.25) is 4.79 Å². The van der Waals surface area contributed by atoms with E-state index in [4.69, 9.17) is 15.6 Å². The van der Waals surface area contributed by atoms with Crippen molar-refractivity contribution in [3.63, 3.8) is 0 Å². The molecule has 0 unspecified atom stereocenters. The molecule has 2 rings (SSSR count). The van der Waals surface area contributed by atoms with Crippen LogP contribution in [0.25, 0.3) is 11.1 Å². The number of benzene rings is 1. The average Bonchev–Trinajstić information content (AvgIpc) is 2.94. The molecule has 0 saturated heterocycles. The number of carbonyl (C=O) groups is 2. The van der Waals surface area contributed by atoms with E-state index in [0.29, 0.717) is 11.1 Å². The third kappa shape index (κ3) is 2.55. The van der Waals surface area contributed by atoms with Crippen molar-refractivity contribution in [2.45, 2.75) is 6.92 Å². The number of carbonyl (C=O) groups excluding carboxylic acids is 2. The Morgan fingerprint density at radius 1 is 1.39 bits per heavy atom. The van der Waals surface area contributed by atoms with E-state index in [1.807, 2.05) is 25.8 Å². The van der Waals surface area contributed by atoms with Gasteiger partial charge in [-0.1, -0.05) is 12.0 Å². The maximum Gasteiger partial charge on any atom is 0.151 e. The SMILES string of the molecule is C#Cc1c(C)cc(-c2ccoc2)cc1C=O.C=O.[H]. The van der Waals surface area contributed by atoms with Gasteiger partial charge in [-0.25, -0.2) is 0 Å². The van der Waals surface area contributed by atoms with Gasteiger partial charge >= 0.3 is 0 Å². The fourth-order valence-electron chi connectivity index (χ4n) is 1.70. The van der Waals surface area contributed by atoms with Crippen LogP contribution in [-0.2, 0) is 4.79 Å². The first-order chi connectivity index (χ1) is 8.76. The van der Waals surface area contributed by atoms with Crippen LogP contribution < -0.4 is 0 Å². The van der Waals surface area contributed by atoms with Crippen molar-refractivity contribution in [1.29, 1.82) is 0 Å². The van der Waals surface area contributed by atoms with Gasteiger partial charge in [-0.2, -0.15) is 0 Å². The molecule has 0 fully saturated rings. The summed E-state index contributed by atoms with van der Waals surface area (Å²) in [6, 6.07) is 5.58. The van der Waals surface area contributed by atoms with Crippen LogP contribution in [0.2, 0.25) is 0 Å². The van der Waals surface area contributed by atoms with Gasteiger partial charge < -0.3 is 9.21 Å². The number of terminal acetylenes is 1. The summed E-state index contributed by atoms with van der Waals surface area (Å²) in [6.07, 6.45) is 9.39. The number of hydrogen-bond donors (Lipinski definition) is 0. The first-order valence-corrected chi connectivity index (χ1v) is 5.14. The van der Waals surface area contributed by atoms with Gasteiger partial charge in [0.15, 0.2) is 6.29 Å². The Kier molecular flexibility index (Phi) is 4.65. The third-order valence-corrected chi connectivity index (χ3v) is 2.49. The molecular weight excluding hydrogens is 228 g/mol. The van der Waals surface area contributed by atoms with E-state index in [9.17, 15) is 4.79 Å². The summed E-state index contributed by atoms with van der Waals surface area (Å²) >= 11 is 0. The van der Waals surface area contributed by atoms with Crippen LogP contribution in [0.3, 0.4) is 0 Å². The molecular formula is C15H13O3. The van der Waals surface area contributed by atoms with Gasteiger partial charge in [0, 0.05) is 18.1 Å². The highest BCUT2D eigenvalue weighted by molar-refractivity contribution is 5.84. The fourth-order valence-corrected chi connectivity index (χ4v) is 1.70. The molecule has 1 heterocycles. The van der Waals surface area contributed by atoms with Crippen molar-refractivity contribution in [1.82, 2.24) is 0 Å². The lowest BCUT2D eigenvalue weighted by Gasteiger charge is -2.05. The number of aldehydes is 1. The molecule has 1 aromatic heterocycles. The fraction of sp³-hybridized carbons (Fsp3) is 0.0667. The second-order valence-corrected chi connectivity index (χ2v) is 3.53. The molecule has 3 heteroatoms. The van der Waals surface area contributed by atoms with E-state index in [1.54, 1.807) is 18.6 Å². The van der Waals surface area contributed by atoms with Crippen molar-refractivity contribution < 1.29 is 15.4 Å². The maximum atomic E-state index is 10.9. The van der Waals surface area contributed by atoms with Crippen LogP contribution in [0.1, 0.15) is 22.9 Å². The van der Waals surface area contributed by atoms with E-state index in [-0.39, 0.29) is 1.43 Å². The Balaban J connectivity index is 0.00000103. The monoisotopic (exact) mass is 241 g/mol. The molecule has 91 valence electrons. The first-order valence-electron chi connectivity index (χ1n) is 5.14. The lowest BCUT2D eigenvalue weighted by Crippen LogP contribution is -1.92. The van der Waals surface area contributed by atoms with Crippen LogP contribution in [0.15, 0.2) is 35.1 Å². The normalized spacial score (nSPS) is 8.89. The van der Waals surface area contributed by atoms with Crippen molar-refractivity contribution in [2.75, 3.05) is 0 Å². The van der Waals surface area contributed by atoms with Crippen molar-refractivity contribution in [3.8, 4) is 23.5 Å². The summed E-state index contributed by atoms with van der Waals surface area (Å²) in [7, 11) is 0. The smallest absolute Gasteiger partial charge is 0.151 e. The molecule has 0 amide bonds. The summed E-state index contributed by atoms with van der Waals surface area (Å²) in [5.74, 6) is 2.53. The van der Waals surface area contributed by atoms with Crippen LogP contribution in [0.5, 0.6) is 0 Å². The standard InChI is InChI=1S/C14H10O2.CH2O.H/c1-3-14-10(2)6-12(7-13(14)8-15)11-4-5-16-9-11;1-2;/h1,4-9H,2H3;1H2;. The van der Waals surface area contributed by atoms with Crippen molar-refractivity contribution in [3.05, 3.63) is 47.4 Å². The average molecular weight is 241 g/mol. The highest BCUT2D eigenvalue weighted by atomic mass is 16.3. The number of rotatable bonds is 2. The van der Waals surface area contributed by atoms with E-state index in [1.165, 1.54) is 0 Å². The minimum atomic E-state index is 0. The summed E-state index contributed by atoms with van der Waals surface area (Å²) in [6.45, 7) is 3.89. The highest BCUT2D eigenvalue weighted by Gasteiger charge is 2.07. The first kappa shape index (κ1) is 13.5. The van der Waals surface area contributed by atoms with E-state index in [0.717, 1.165) is 23.0 Å². The zero-order valence-corrected chi connectivity index (χ0v) is 9.97. The van der Waals surface area contributed by atoms with Crippen LogP contribution in [0.4, 0.5) is 0 Å². The number of furan rings is 1. The zero-order chi connectivity index (χ0) is 13.5. The number of aryl methyl sites for hydroxylation is 1. The quantitative estimate of drug-likeness (QED) is 0.600. The Hall–Kier alpha value is -2.60. The highest BCUT2D eigenvalue weighted by Crippen LogP contribution is 2.24. The molecule has 0 spiro atoms. The Morgan fingerprint density at radius 3 is 2.61 bits per heavy atom. The molecule has 0 N–H and O–H groups in total. The predicted molar refractivity (Wildman–Crippen MR) is 70.4 cm³/mol. The molecule has 0 aliphatic heterocycles. The Bertz CT molecular complexity index is 580. The molecule has 0 aliphatic rings. The van der Waals surface area contributed by atoms with Crippen molar-refractivity contribution in [2.24, 2.45) is 0 Å². The lowest BCUT2D eigenvalue weighted by atomic mass is 9.97. The van der Waals surface area contributed by atoms with Gasteiger partial charge in [-0.15, -0.1) is 6.42 Å². The summed E-state index contributed by atoms with van der Waals surface area (Å²) in [5.41, 5.74) is 3.99. The second-order valence-electron chi connectivity index (χ2n) is 3.53. The molecule has 0 saturated carbocycles. The van der Waals surface area contributed by atoms with Gasteiger partial charge in [0.2, 0.25) is 0 Å². The van der Waals surface area contributed by atoms with Crippen LogP contribution >= 0.6 is 0 Å². The summed E-state index contributed by atoms with van der Waals surface area (Å²) in [5, 5.41) is 0.